The molecule has 2 rings (SSSR count). The Morgan fingerprint density at radius 2 is 2.21 bits per heavy atom. The number of nitriles is 1. The van der Waals surface area contributed by atoms with E-state index in [4.69, 9.17) is 5.26 Å². The van der Waals surface area contributed by atoms with Crippen molar-refractivity contribution < 1.29 is 9.18 Å². The average Bonchev–Trinajstić information content (AvgIpc) is 2.65. The van der Waals surface area contributed by atoms with Gasteiger partial charge < -0.3 is 5.32 Å². The van der Waals surface area contributed by atoms with E-state index in [0.29, 0.717) is 10.6 Å². The van der Waals surface area contributed by atoms with Crippen LogP contribution in [0.3, 0.4) is 0 Å². The molecule has 2 aromatic rings. The fourth-order valence-corrected chi connectivity index (χ4v) is 2.54. The van der Waals surface area contributed by atoms with E-state index in [-0.39, 0.29) is 5.56 Å². The topological polar surface area (TPSA) is 65.8 Å². The van der Waals surface area contributed by atoms with Gasteiger partial charge in [-0.25, -0.2) is 4.98 Å². The monoisotopic (exact) mass is 275 g/mol. The van der Waals surface area contributed by atoms with Gasteiger partial charge in [-0.15, -0.1) is 11.3 Å². The summed E-state index contributed by atoms with van der Waals surface area (Å²) in [6, 6.07) is 4.53. The van der Waals surface area contributed by atoms with Gasteiger partial charge >= 0.3 is 0 Å². The summed E-state index contributed by atoms with van der Waals surface area (Å²) in [4.78, 5) is 16.3. The molecule has 0 atom stereocenters. The second-order valence-electron chi connectivity index (χ2n) is 3.92. The summed E-state index contributed by atoms with van der Waals surface area (Å²) < 4.78 is 12.7. The largest absolute Gasteiger partial charge is 0.312 e. The highest BCUT2D eigenvalue weighted by molar-refractivity contribution is 7.16. The quantitative estimate of drug-likeness (QED) is 0.857. The van der Waals surface area contributed by atoms with Gasteiger partial charge in [-0.3, -0.25) is 4.79 Å². The number of nitrogens with one attached hydrogen (secondary N) is 1. The van der Waals surface area contributed by atoms with Crippen molar-refractivity contribution in [2.75, 3.05) is 5.32 Å². The zero-order valence-corrected chi connectivity index (χ0v) is 11.1. The number of rotatable bonds is 2. The fourth-order valence-electron chi connectivity index (χ4n) is 1.54. The highest BCUT2D eigenvalue weighted by Crippen LogP contribution is 2.31. The number of halogens is 1. The molecule has 1 amide bonds. The Hall–Kier alpha value is -2.26. The molecule has 19 heavy (non-hydrogen) atoms. The van der Waals surface area contributed by atoms with Crippen molar-refractivity contribution in [3.63, 3.8) is 0 Å². The number of aryl methyl sites for hydroxylation is 1. The number of carbonyl (C=O) groups excluding carboxylic acids is 1. The summed E-state index contributed by atoms with van der Waals surface area (Å²) in [6.45, 7) is 3.72. The number of pyridine rings is 1. The van der Waals surface area contributed by atoms with E-state index >= 15 is 0 Å². The summed E-state index contributed by atoms with van der Waals surface area (Å²) in [6.07, 6.45) is 1.16. The molecule has 0 radical (unpaired) electrons. The van der Waals surface area contributed by atoms with Crippen LogP contribution in [0.15, 0.2) is 18.3 Å². The van der Waals surface area contributed by atoms with E-state index in [0.717, 1.165) is 22.7 Å². The number of aromatic nitrogens is 1. The predicted octanol–water partition coefficient (Wildman–Crippen LogP) is 3.02. The summed E-state index contributed by atoms with van der Waals surface area (Å²) in [7, 11) is 0. The van der Waals surface area contributed by atoms with Gasteiger partial charge in [-0.2, -0.15) is 9.65 Å². The zero-order chi connectivity index (χ0) is 14.0. The molecule has 0 aliphatic carbocycles. The maximum absolute atomic E-state index is 12.7. The van der Waals surface area contributed by atoms with E-state index in [1.165, 1.54) is 17.4 Å². The Morgan fingerprint density at radius 1 is 1.47 bits per heavy atom. The zero-order valence-electron chi connectivity index (χ0n) is 10.3. The first kappa shape index (κ1) is 13.2. The minimum atomic E-state index is -0.642. The first-order chi connectivity index (χ1) is 9.02. The lowest BCUT2D eigenvalue weighted by Gasteiger charge is -2.02. The van der Waals surface area contributed by atoms with Crippen LogP contribution >= 0.6 is 11.3 Å². The summed E-state index contributed by atoms with van der Waals surface area (Å²) in [5, 5.41) is 12.2. The van der Waals surface area contributed by atoms with E-state index in [1.807, 2.05) is 13.8 Å². The number of nitrogens with zero attached hydrogens (tertiary/aromatic N) is 2. The van der Waals surface area contributed by atoms with Crippen molar-refractivity contribution in [1.82, 2.24) is 4.98 Å². The summed E-state index contributed by atoms with van der Waals surface area (Å²) >= 11 is 1.34. The molecule has 0 aliphatic heterocycles. The number of amides is 1. The lowest BCUT2D eigenvalue weighted by Crippen LogP contribution is -2.12. The van der Waals surface area contributed by atoms with Gasteiger partial charge in [-0.05, 0) is 31.5 Å². The highest BCUT2D eigenvalue weighted by Gasteiger charge is 2.15. The van der Waals surface area contributed by atoms with Gasteiger partial charge in [0.1, 0.15) is 11.1 Å². The fraction of sp³-hybridized carbons (Fsp3) is 0.154. The summed E-state index contributed by atoms with van der Waals surface area (Å²) in [5.41, 5.74) is 1.57. The lowest BCUT2D eigenvalue weighted by molar-refractivity contribution is 0.102. The number of thiophene rings is 1. The van der Waals surface area contributed by atoms with Gasteiger partial charge in [0.25, 0.3) is 5.91 Å². The number of hydrogen-bond acceptors (Lipinski definition) is 4. The van der Waals surface area contributed by atoms with Crippen LogP contribution in [0.5, 0.6) is 0 Å². The Bertz CT molecular complexity index is 670. The molecule has 0 unspecified atom stereocenters. The minimum absolute atomic E-state index is 0.244. The van der Waals surface area contributed by atoms with Crippen molar-refractivity contribution in [2.45, 2.75) is 13.8 Å². The van der Waals surface area contributed by atoms with Gasteiger partial charge in [0, 0.05) is 11.1 Å². The van der Waals surface area contributed by atoms with Crippen molar-refractivity contribution in [3.8, 4) is 6.07 Å². The third-order valence-corrected chi connectivity index (χ3v) is 3.84. The van der Waals surface area contributed by atoms with E-state index in [1.54, 1.807) is 0 Å². The third kappa shape index (κ3) is 2.61. The van der Waals surface area contributed by atoms with Crippen molar-refractivity contribution in [3.05, 3.63) is 45.8 Å². The van der Waals surface area contributed by atoms with Crippen LogP contribution in [-0.2, 0) is 0 Å². The SMILES string of the molecule is Cc1sc(NC(=O)c2ccc(F)nc2)c(C#N)c1C. The molecule has 4 nitrogen and oxygen atoms in total. The molecule has 0 fully saturated rings. The van der Waals surface area contributed by atoms with Crippen LogP contribution in [0.25, 0.3) is 0 Å². The van der Waals surface area contributed by atoms with E-state index in [2.05, 4.69) is 16.4 Å². The molecular formula is C13H10FN3OS. The molecule has 0 spiro atoms. The molecule has 0 aromatic carbocycles. The molecule has 0 aliphatic rings. The molecule has 2 aromatic heterocycles. The second kappa shape index (κ2) is 5.16. The maximum Gasteiger partial charge on any atom is 0.257 e. The predicted molar refractivity (Wildman–Crippen MR) is 70.7 cm³/mol. The van der Waals surface area contributed by atoms with Gasteiger partial charge in [0.15, 0.2) is 0 Å². The highest BCUT2D eigenvalue weighted by atomic mass is 32.1. The smallest absolute Gasteiger partial charge is 0.257 e. The Morgan fingerprint density at radius 3 is 2.79 bits per heavy atom. The first-order valence-corrected chi connectivity index (χ1v) is 6.27. The van der Waals surface area contributed by atoms with Crippen molar-refractivity contribution in [1.29, 1.82) is 5.26 Å². The van der Waals surface area contributed by atoms with Crippen LogP contribution in [0.4, 0.5) is 9.39 Å². The van der Waals surface area contributed by atoms with Crippen LogP contribution in [0.2, 0.25) is 0 Å². The lowest BCUT2D eigenvalue weighted by atomic mass is 10.2. The average molecular weight is 275 g/mol. The number of anilines is 1. The van der Waals surface area contributed by atoms with Gasteiger partial charge in [0.2, 0.25) is 5.95 Å². The first-order valence-electron chi connectivity index (χ1n) is 5.46. The molecule has 6 heteroatoms. The third-order valence-electron chi connectivity index (χ3n) is 2.71. The Kier molecular flexibility index (Phi) is 3.58. The molecule has 0 saturated carbocycles. The Labute approximate surface area is 113 Å². The Balaban J connectivity index is 2.27. The second-order valence-corrected chi connectivity index (χ2v) is 5.15. The van der Waals surface area contributed by atoms with Crippen molar-refractivity contribution in [2.24, 2.45) is 0 Å². The molecular weight excluding hydrogens is 265 g/mol. The number of hydrogen-bond donors (Lipinski definition) is 1. The van der Waals surface area contributed by atoms with Crippen LogP contribution in [-0.4, -0.2) is 10.9 Å². The maximum atomic E-state index is 12.7. The normalized spacial score (nSPS) is 10.0. The van der Waals surface area contributed by atoms with Crippen LogP contribution < -0.4 is 5.32 Å². The van der Waals surface area contributed by atoms with E-state index < -0.39 is 11.9 Å². The summed E-state index contributed by atoms with van der Waals surface area (Å²) in [5.74, 6) is -1.05. The van der Waals surface area contributed by atoms with Crippen LogP contribution in [0, 0.1) is 31.1 Å². The minimum Gasteiger partial charge on any atom is -0.312 e. The van der Waals surface area contributed by atoms with Gasteiger partial charge in [-0.1, -0.05) is 0 Å². The van der Waals surface area contributed by atoms with Crippen molar-refractivity contribution >= 4 is 22.2 Å². The molecule has 1 N–H and O–H groups in total. The molecule has 96 valence electrons. The number of carbonyl (C=O) groups is 1. The molecule has 2 heterocycles. The molecule has 0 saturated heterocycles. The van der Waals surface area contributed by atoms with Gasteiger partial charge in [0.05, 0.1) is 11.1 Å². The molecule has 0 bridgehead atoms. The standard InChI is InChI=1S/C13H10FN3OS/c1-7-8(2)19-13(10(7)5-15)17-12(18)9-3-4-11(14)16-6-9/h3-4,6H,1-2H3,(H,17,18). The van der Waals surface area contributed by atoms with Crippen LogP contribution in [0.1, 0.15) is 26.4 Å². The van der Waals surface area contributed by atoms with E-state index in [9.17, 15) is 9.18 Å².